The van der Waals surface area contributed by atoms with E-state index >= 15 is 0 Å². The first-order valence-electron chi connectivity index (χ1n) is 6.86. The first-order valence-corrected chi connectivity index (χ1v) is 10.4. The van der Waals surface area contributed by atoms with Crippen molar-refractivity contribution in [2.75, 3.05) is 5.75 Å². The molecule has 2 aromatic rings. The summed E-state index contributed by atoms with van der Waals surface area (Å²) in [6.07, 6.45) is 0. The number of carbonyl (C=O) groups excluding carboxylic acids is 1. The summed E-state index contributed by atoms with van der Waals surface area (Å²) in [7, 11) is -3.67. The van der Waals surface area contributed by atoms with Gasteiger partial charge in [0.2, 0.25) is 15.9 Å². The fraction of sp³-hybridized carbons (Fsp3) is 0.267. The number of hydrogen-bond donors (Lipinski definition) is 2. The van der Waals surface area contributed by atoms with Crippen LogP contribution in [0.1, 0.15) is 16.0 Å². The largest absolute Gasteiger partial charge is 0.350 e. The topological polar surface area (TPSA) is 89.3 Å². The lowest BCUT2D eigenvalue weighted by atomic mass is 10.2. The third kappa shape index (κ3) is 5.98. The van der Waals surface area contributed by atoms with Crippen LogP contribution in [0.25, 0.3) is 0 Å². The number of nitrogens with two attached hydrogens (primary N) is 1. The van der Waals surface area contributed by atoms with Crippen LogP contribution in [0, 0.1) is 6.92 Å². The molecule has 0 radical (unpaired) electrons. The second kappa shape index (κ2) is 7.96. The average molecular weight is 371 g/mol. The number of amides is 1. The zero-order valence-electron chi connectivity index (χ0n) is 12.6. The molecule has 0 spiro atoms. The lowest BCUT2D eigenvalue weighted by Gasteiger charge is -2.04. The summed E-state index contributed by atoms with van der Waals surface area (Å²) in [5.74, 6) is 1.07. The highest BCUT2D eigenvalue weighted by Gasteiger charge is 2.11. The van der Waals surface area contributed by atoms with Crippen molar-refractivity contribution in [3.05, 3.63) is 52.4 Å². The van der Waals surface area contributed by atoms with Crippen molar-refractivity contribution in [2.45, 2.75) is 23.4 Å². The fourth-order valence-electron chi connectivity index (χ4n) is 1.79. The van der Waals surface area contributed by atoms with Crippen LogP contribution in [-0.4, -0.2) is 20.1 Å². The van der Waals surface area contributed by atoms with Gasteiger partial charge in [-0.15, -0.1) is 23.1 Å². The predicted molar refractivity (Wildman–Crippen MR) is 94.9 cm³/mol. The van der Waals surface area contributed by atoms with E-state index in [-0.39, 0.29) is 10.1 Å². The molecule has 23 heavy (non-hydrogen) atoms. The highest BCUT2D eigenvalue weighted by molar-refractivity contribution is 7.99. The van der Waals surface area contributed by atoms with Crippen LogP contribution in [0.5, 0.6) is 0 Å². The molecule has 3 N–H and O–H groups in total. The maximum Gasteiger partial charge on any atom is 0.247 e. The number of hydrogen-bond acceptors (Lipinski definition) is 5. The van der Waals surface area contributed by atoms with E-state index in [9.17, 15) is 13.2 Å². The molecular weight excluding hydrogens is 352 g/mol. The van der Waals surface area contributed by atoms with Crippen molar-refractivity contribution in [1.82, 2.24) is 5.32 Å². The van der Waals surface area contributed by atoms with Gasteiger partial charge in [0.05, 0.1) is 12.3 Å². The van der Waals surface area contributed by atoms with E-state index in [0.717, 1.165) is 22.0 Å². The maximum atomic E-state index is 11.8. The minimum Gasteiger partial charge on any atom is -0.350 e. The van der Waals surface area contributed by atoms with Crippen molar-refractivity contribution in [1.29, 1.82) is 0 Å². The first-order chi connectivity index (χ1) is 10.8. The number of thioether (sulfide) groups is 1. The molecule has 1 heterocycles. The molecule has 8 heteroatoms. The van der Waals surface area contributed by atoms with Gasteiger partial charge in [-0.2, -0.15) is 0 Å². The Labute approximate surface area is 144 Å². The third-order valence-corrected chi connectivity index (χ3v) is 6.53. The van der Waals surface area contributed by atoms with Crippen molar-refractivity contribution >= 4 is 39.0 Å². The van der Waals surface area contributed by atoms with Gasteiger partial charge < -0.3 is 5.32 Å². The Hall–Kier alpha value is -1.35. The van der Waals surface area contributed by atoms with Gasteiger partial charge in [-0.1, -0.05) is 29.8 Å². The van der Waals surface area contributed by atoms with Gasteiger partial charge >= 0.3 is 0 Å². The Bertz CT molecular complexity index is 768. The Morgan fingerprint density at radius 1 is 1.22 bits per heavy atom. The monoisotopic (exact) mass is 370 g/mol. The molecule has 0 aliphatic carbocycles. The number of nitrogens with one attached hydrogen (secondary N) is 1. The van der Waals surface area contributed by atoms with Crippen molar-refractivity contribution in [3.63, 3.8) is 0 Å². The molecule has 2 rings (SSSR count). The quantitative estimate of drug-likeness (QED) is 0.782. The number of primary sulfonamides is 1. The van der Waals surface area contributed by atoms with Gasteiger partial charge in [0, 0.05) is 10.6 Å². The zero-order chi connectivity index (χ0) is 16.9. The van der Waals surface area contributed by atoms with E-state index in [0.29, 0.717) is 12.3 Å². The van der Waals surface area contributed by atoms with E-state index in [1.54, 1.807) is 17.8 Å². The molecule has 0 fully saturated rings. The third-order valence-electron chi connectivity index (χ3n) is 3.00. The van der Waals surface area contributed by atoms with Crippen LogP contribution < -0.4 is 10.5 Å². The molecule has 5 nitrogen and oxygen atoms in total. The normalized spacial score (nSPS) is 11.4. The van der Waals surface area contributed by atoms with Gasteiger partial charge in [0.1, 0.15) is 4.21 Å². The molecule has 0 bridgehead atoms. The van der Waals surface area contributed by atoms with Gasteiger partial charge in [0.15, 0.2) is 0 Å². The SMILES string of the molecule is Cc1ccc(CSCC(=O)NCc2ccc(S(N)(=O)=O)s2)cc1. The average Bonchev–Trinajstić information content (AvgIpc) is 2.96. The van der Waals surface area contributed by atoms with Crippen LogP contribution in [0.3, 0.4) is 0 Å². The number of thiophene rings is 1. The van der Waals surface area contributed by atoms with Crippen LogP contribution >= 0.6 is 23.1 Å². The van der Waals surface area contributed by atoms with Gasteiger partial charge in [0.25, 0.3) is 0 Å². The first kappa shape index (κ1) is 18.0. The van der Waals surface area contributed by atoms with Crippen LogP contribution in [0.2, 0.25) is 0 Å². The molecule has 1 aromatic carbocycles. The Morgan fingerprint density at radius 3 is 2.52 bits per heavy atom. The van der Waals surface area contributed by atoms with Crippen LogP contribution in [0.15, 0.2) is 40.6 Å². The molecule has 1 amide bonds. The predicted octanol–water partition coefficient (Wildman–Crippen LogP) is 2.25. The lowest BCUT2D eigenvalue weighted by molar-refractivity contribution is -0.118. The Balaban J connectivity index is 1.73. The molecule has 1 aromatic heterocycles. The second-order valence-electron chi connectivity index (χ2n) is 5.02. The summed E-state index contributed by atoms with van der Waals surface area (Å²) >= 11 is 2.61. The molecule has 0 aliphatic heterocycles. The highest BCUT2D eigenvalue weighted by Crippen LogP contribution is 2.20. The van der Waals surface area contributed by atoms with Gasteiger partial charge in [-0.3, -0.25) is 4.79 Å². The van der Waals surface area contributed by atoms with Crippen molar-refractivity contribution in [2.24, 2.45) is 5.14 Å². The van der Waals surface area contributed by atoms with E-state index in [2.05, 4.69) is 29.6 Å². The van der Waals surface area contributed by atoms with E-state index in [1.165, 1.54) is 17.2 Å². The summed E-state index contributed by atoms with van der Waals surface area (Å²) in [4.78, 5) is 12.5. The van der Waals surface area contributed by atoms with Crippen LogP contribution in [0.4, 0.5) is 0 Å². The highest BCUT2D eigenvalue weighted by atomic mass is 32.2. The standard InChI is InChI=1S/C15H18N2O3S3/c1-11-2-4-12(5-3-11)9-21-10-14(18)17-8-13-6-7-15(22-13)23(16,19)20/h2-7H,8-10H2,1H3,(H,17,18)(H2,16,19,20). The smallest absolute Gasteiger partial charge is 0.247 e. The van der Waals surface area contributed by atoms with E-state index < -0.39 is 10.0 Å². The molecule has 0 saturated heterocycles. The van der Waals surface area contributed by atoms with E-state index in [4.69, 9.17) is 5.14 Å². The summed E-state index contributed by atoms with van der Waals surface area (Å²) in [6, 6.07) is 11.3. The lowest BCUT2D eigenvalue weighted by Crippen LogP contribution is -2.24. The minimum atomic E-state index is -3.67. The number of rotatable bonds is 7. The maximum absolute atomic E-state index is 11.8. The van der Waals surface area contributed by atoms with E-state index in [1.807, 2.05) is 6.92 Å². The minimum absolute atomic E-state index is 0.0762. The Kier molecular flexibility index (Phi) is 6.23. The molecule has 0 unspecified atom stereocenters. The molecule has 0 atom stereocenters. The molecule has 0 aliphatic rings. The fourth-order valence-corrected chi connectivity index (χ4v) is 4.32. The number of benzene rings is 1. The second-order valence-corrected chi connectivity index (χ2v) is 8.96. The van der Waals surface area contributed by atoms with Crippen molar-refractivity contribution < 1.29 is 13.2 Å². The number of carbonyl (C=O) groups is 1. The summed E-state index contributed by atoms with van der Waals surface area (Å²) in [5.41, 5.74) is 2.40. The summed E-state index contributed by atoms with van der Waals surface area (Å²) < 4.78 is 22.5. The molecule has 124 valence electrons. The summed E-state index contributed by atoms with van der Waals surface area (Å²) in [6.45, 7) is 2.35. The van der Waals surface area contributed by atoms with Crippen LogP contribution in [-0.2, 0) is 27.1 Å². The van der Waals surface area contributed by atoms with Crippen molar-refractivity contribution in [3.8, 4) is 0 Å². The number of aryl methyl sites for hydroxylation is 1. The molecular formula is C15H18N2O3S3. The van der Waals surface area contributed by atoms with Gasteiger partial charge in [-0.05, 0) is 24.6 Å². The zero-order valence-corrected chi connectivity index (χ0v) is 15.1. The number of sulfonamides is 1. The molecule has 0 saturated carbocycles. The summed E-state index contributed by atoms with van der Waals surface area (Å²) in [5, 5.41) is 7.82. The Morgan fingerprint density at radius 2 is 1.91 bits per heavy atom. The van der Waals surface area contributed by atoms with Gasteiger partial charge in [-0.25, -0.2) is 13.6 Å².